The Morgan fingerprint density at radius 2 is 1.37 bits per heavy atom. The Labute approximate surface area is 167 Å². The molecule has 0 saturated carbocycles. The summed E-state index contributed by atoms with van der Waals surface area (Å²) in [5.74, 6) is -0.176. The van der Waals surface area contributed by atoms with Crippen LogP contribution in [0.1, 0.15) is 84.0 Å². The van der Waals surface area contributed by atoms with Crippen molar-refractivity contribution in [2.45, 2.75) is 84.0 Å². The summed E-state index contributed by atoms with van der Waals surface area (Å²) in [6, 6.07) is 0. The van der Waals surface area contributed by atoms with Crippen LogP contribution in [0.25, 0.3) is 0 Å². The van der Waals surface area contributed by atoms with E-state index in [1.54, 1.807) is 0 Å². The lowest BCUT2D eigenvalue weighted by atomic mass is 10.1. The molecule has 0 fully saturated rings. The van der Waals surface area contributed by atoms with E-state index in [2.05, 4.69) is 12.2 Å². The van der Waals surface area contributed by atoms with Gasteiger partial charge in [0, 0.05) is 31.6 Å². The zero-order valence-corrected chi connectivity index (χ0v) is 18.6. The highest BCUT2D eigenvalue weighted by atomic mass is 32.2. The molecule has 6 nitrogen and oxygen atoms in total. The first-order valence-corrected chi connectivity index (χ1v) is 12.3. The molecule has 0 aliphatic heterocycles. The van der Waals surface area contributed by atoms with Crippen LogP contribution < -0.4 is 5.32 Å². The Balaban J connectivity index is 3.54. The monoisotopic (exact) mass is 406 g/mol. The Hall–Kier alpha value is -0.660. The number of rotatable bonds is 18. The summed E-state index contributed by atoms with van der Waals surface area (Å²) < 4.78 is 32.6. The number of hydrogen-bond donors (Lipinski definition) is 1. The first kappa shape index (κ1) is 26.3. The van der Waals surface area contributed by atoms with E-state index in [1.165, 1.54) is 44.9 Å². The van der Waals surface area contributed by atoms with E-state index < -0.39 is 10.1 Å². The molecule has 7 heteroatoms. The molecule has 0 spiro atoms. The summed E-state index contributed by atoms with van der Waals surface area (Å²) in [6.07, 6.45) is 13.1. The Bertz CT molecular complexity index is 478. The molecule has 1 N–H and O–H groups in total. The second-order valence-corrected chi connectivity index (χ2v) is 9.80. The minimum Gasteiger partial charge on any atom is -0.748 e. The van der Waals surface area contributed by atoms with Crippen molar-refractivity contribution in [3.63, 3.8) is 0 Å². The summed E-state index contributed by atoms with van der Waals surface area (Å²) in [5.41, 5.74) is 0. The summed E-state index contributed by atoms with van der Waals surface area (Å²) in [7, 11) is -0.0898. The molecule has 0 aliphatic rings. The van der Waals surface area contributed by atoms with Gasteiger partial charge in [0.1, 0.15) is 0 Å². The van der Waals surface area contributed by atoms with Crippen LogP contribution in [0.15, 0.2) is 0 Å². The predicted octanol–water partition coefficient (Wildman–Crippen LogP) is 3.43. The van der Waals surface area contributed by atoms with E-state index in [0.717, 1.165) is 25.8 Å². The SMILES string of the molecule is CCCCCCCCCCCC(=O)NCCC[N+](C)(C)CCCS(=O)(=O)[O-]. The van der Waals surface area contributed by atoms with Crippen LogP contribution in [0.4, 0.5) is 0 Å². The number of nitrogens with one attached hydrogen (secondary N) is 1. The molecule has 0 unspecified atom stereocenters. The number of quaternary nitrogens is 1. The van der Waals surface area contributed by atoms with Gasteiger partial charge >= 0.3 is 0 Å². The first-order chi connectivity index (χ1) is 12.7. The minimum absolute atomic E-state index is 0.126. The second-order valence-electron chi connectivity index (χ2n) is 8.28. The maximum Gasteiger partial charge on any atom is 0.219 e. The quantitative estimate of drug-likeness (QED) is 0.215. The van der Waals surface area contributed by atoms with Gasteiger partial charge < -0.3 is 14.4 Å². The smallest absolute Gasteiger partial charge is 0.219 e. The Morgan fingerprint density at radius 1 is 0.852 bits per heavy atom. The van der Waals surface area contributed by atoms with Crippen LogP contribution in [-0.4, -0.2) is 62.8 Å². The van der Waals surface area contributed by atoms with Gasteiger partial charge in [-0.25, -0.2) is 8.42 Å². The Kier molecular flexibility index (Phi) is 14.9. The third-order valence-corrected chi connectivity index (χ3v) is 5.72. The summed E-state index contributed by atoms with van der Waals surface area (Å²) in [4.78, 5) is 11.8. The van der Waals surface area contributed by atoms with E-state index in [9.17, 15) is 17.8 Å². The normalized spacial score (nSPS) is 12.3. The van der Waals surface area contributed by atoms with Gasteiger partial charge in [0.15, 0.2) is 0 Å². The highest BCUT2D eigenvalue weighted by molar-refractivity contribution is 7.85. The average molecular weight is 407 g/mol. The van der Waals surface area contributed by atoms with Gasteiger partial charge in [0.05, 0.1) is 37.3 Å². The van der Waals surface area contributed by atoms with Crippen LogP contribution in [-0.2, 0) is 14.9 Å². The van der Waals surface area contributed by atoms with E-state index in [4.69, 9.17) is 0 Å². The Morgan fingerprint density at radius 3 is 1.93 bits per heavy atom. The van der Waals surface area contributed by atoms with Gasteiger partial charge in [0.2, 0.25) is 5.91 Å². The van der Waals surface area contributed by atoms with Crippen molar-refractivity contribution in [2.75, 3.05) is 39.5 Å². The van der Waals surface area contributed by atoms with Gasteiger partial charge in [-0.1, -0.05) is 58.3 Å². The second kappa shape index (κ2) is 15.3. The van der Waals surface area contributed by atoms with Crippen molar-refractivity contribution in [3.05, 3.63) is 0 Å². The molecular weight excluding hydrogens is 364 g/mol. The highest BCUT2D eigenvalue weighted by Crippen LogP contribution is 2.10. The maximum absolute atomic E-state index is 11.8. The highest BCUT2D eigenvalue weighted by Gasteiger charge is 2.14. The van der Waals surface area contributed by atoms with Crippen LogP contribution in [0.3, 0.4) is 0 Å². The number of carbonyl (C=O) groups is 1. The average Bonchev–Trinajstić information content (AvgIpc) is 2.56. The number of nitrogens with zero attached hydrogens (tertiary/aromatic N) is 1. The van der Waals surface area contributed by atoms with Crippen LogP contribution in [0.5, 0.6) is 0 Å². The summed E-state index contributed by atoms with van der Waals surface area (Å²) in [5, 5.41) is 2.97. The van der Waals surface area contributed by atoms with Crippen molar-refractivity contribution in [1.82, 2.24) is 5.32 Å². The molecule has 0 atom stereocenters. The molecule has 0 bridgehead atoms. The van der Waals surface area contributed by atoms with Gasteiger partial charge in [0.25, 0.3) is 0 Å². The molecule has 27 heavy (non-hydrogen) atoms. The molecule has 0 heterocycles. The van der Waals surface area contributed by atoms with E-state index in [0.29, 0.717) is 30.4 Å². The van der Waals surface area contributed by atoms with Crippen molar-refractivity contribution < 1.29 is 22.2 Å². The van der Waals surface area contributed by atoms with Crippen molar-refractivity contribution in [3.8, 4) is 0 Å². The third kappa shape index (κ3) is 19.9. The number of carbonyl (C=O) groups excluding carboxylic acids is 1. The van der Waals surface area contributed by atoms with Crippen molar-refractivity contribution in [2.24, 2.45) is 0 Å². The van der Waals surface area contributed by atoms with Crippen molar-refractivity contribution in [1.29, 1.82) is 0 Å². The summed E-state index contributed by atoms with van der Waals surface area (Å²) >= 11 is 0. The maximum atomic E-state index is 11.8. The van der Waals surface area contributed by atoms with Gasteiger partial charge in [-0.05, 0) is 6.42 Å². The molecular formula is C20H42N2O4S. The van der Waals surface area contributed by atoms with E-state index >= 15 is 0 Å². The molecule has 0 rings (SSSR count). The molecule has 0 aromatic heterocycles. The van der Waals surface area contributed by atoms with Gasteiger partial charge in [-0.3, -0.25) is 4.79 Å². The zero-order valence-electron chi connectivity index (χ0n) is 17.8. The van der Waals surface area contributed by atoms with Crippen LogP contribution in [0.2, 0.25) is 0 Å². The molecule has 162 valence electrons. The summed E-state index contributed by atoms with van der Waals surface area (Å²) in [6.45, 7) is 4.37. The van der Waals surface area contributed by atoms with Gasteiger partial charge in [-0.15, -0.1) is 0 Å². The molecule has 0 aliphatic carbocycles. The number of amides is 1. The first-order valence-electron chi connectivity index (χ1n) is 10.7. The van der Waals surface area contributed by atoms with E-state index in [-0.39, 0.29) is 11.7 Å². The largest absolute Gasteiger partial charge is 0.748 e. The number of hydrogen-bond acceptors (Lipinski definition) is 4. The van der Waals surface area contributed by atoms with Crippen LogP contribution >= 0.6 is 0 Å². The fourth-order valence-electron chi connectivity index (χ4n) is 3.20. The van der Waals surface area contributed by atoms with Gasteiger partial charge in [-0.2, -0.15) is 0 Å². The molecule has 0 radical (unpaired) electrons. The van der Waals surface area contributed by atoms with Crippen molar-refractivity contribution >= 4 is 16.0 Å². The number of unbranched alkanes of at least 4 members (excludes halogenated alkanes) is 8. The fraction of sp³-hybridized carbons (Fsp3) is 0.950. The lowest BCUT2D eigenvalue weighted by molar-refractivity contribution is -0.890. The molecule has 0 aromatic rings. The molecule has 0 aromatic carbocycles. The molecule has 0 saturated heterocycles. The standard InChI is InChI=1S/C20H42N2O4S/c1-4-5-6-7-8-9-10-11-12-15-20(23)21-16-13-17-22(2,3)18-14-19-27(24,25)26/h4-19H2,1-3H3,(H-,21,23,24,25,26). The fourth-order valence-corrected chi connectivity index (χ4v) is 3.68. The molecule has 1 amide bonds. The van der Waals surface area contributed by atoms with E-state index in [1.807, 2.05) is 14.1 Å². The minimum atomic E-state index is -4.12. The van der Waals surface area contributed by atoms with Crippen LogP contribution in [0, 0.1) is 0 Å². The zero-order chi connectivity index (χ0) is 20.6. The predicted molar refractivity (Wildman–Crippen MR) is 110 cm³/mol. The lowest BCUT2D eigenvalue weighted by Crippen LogP contribution is -2.43. The topological polar surface area (TPSA) is 86.3 Å². The third-order valence-electron chi connectivity index (χ3n) is 4.93. The lowest BCUT2D eigenvalue weighted by Gasteiger charge is -2.30.